The van der Waals surface area contributed by atoms with Gasteiger partial charge in [-0.1, -0.05) is 0 Å². The van der Waals surface area contributed by atoms with Crippen molar-refractivity contribution in [3.63, 3.8) is 0 Å². The van der Waals surface area contributed by atoms with Crippen molar-refractivity contribution >= 4 is 5.78 Å². The van der Waals surface area contributed by atoms with Crippen molar-refractivity contribution in [2.45, 2.75) is 32.7 Å². The van der Waals surface area contributed by atoms with Gasteiger partial charge in [0.15, 0.2) is 0 Å². The Balaban J connectivity index is 2.32. The van der Waals surface area contributed by atoms with Crippen molar-refractivity contribution in [2.75, 3.05) is 0 Å². The first kappa shape index (κ1) is 10.5. The Hall–Kier alpha value is -1.63. The zero-order chi connectivity index (χ0) is 10.4. The van der Waals surface area contributed by atoms with E-state index in [0.29, 0.717) is 12.2 Å². The van der Waals surface area contributed by atoms with Gasteiger partial charge in [-0.05, 0) is 19.8 Å². The Kier molecular flexibility index (Phi) is 3.86. The van der Waals surface area contributed by atoms with Crippen LogP contribution in [-0.2, 0) is 11.3 Å². The van der Waals surface area contributed by atoms with Crippen molar-refractivity contribution in [3.05, 3.63) is 18.2 Å². The van der Waals surface area contributed by atoms with Gasteiger partial charge in [0.2, 0.25) is 5.82 Å². The quantitative estimate of drug-likeness (QED) is 0.663. The molecule has 0 aliphatic heterocycles. The molecule has 1 aromatic heterocycles. The Morgan fingerprint density at radius 3 is 3.07 bits per heavy atom. The first-order valence-corrected chi connectivity index (χ1v) is 4.64. The third-order valence-electron chi connectivity index (χ3n) is 1.99. The van der Waals surface area contributed by atoms with Crippen LogP contribution in [0.25, 0.3) is 0 Å². The first-order chi connectivity index (χ1) is 6.74. The molecule has 74 valence electrons. The minimum atomic E-state index is 0.219. The molecule has 0 spiro atoms. The summed E-state index contributed by atoms with van der Waals surface area (Å²) in [7, 11) is 0. The summed E-state index contributed by atoms with van der Waals surface area (Å²) in [6.45, 7) is 2.36. The summed E-state index contributed by atoms with van der Waals surface area (Å²) in [5, 5.41) is 8.66. The van der Waals surface area contributed by atoms with Crippen LogP contribution in [0.2, 0.25) is 0 Å². The molecule has 0 amide bonds. The van der Waals surface area contributed by atoms with E-state index >= 15 is 0 Å². The number of rotatable bonds is 5. The van der Waals surface area contributed by atoms with E-state index in [1.165, 1.54) is 0 Å². The normalized spacial score (nSPS) is 9.71. The summed E-state index contributed by atoms with van der Waals surface area (Å²) < 4.78 is 1.81. The zero-order valence-electron chi connectivity index (χ0n) is 8.23. The molecule has 1 rings (SSSR count). The van der Waals surface area contributed by atoms with Gasteiger partial charge in [-0.25, -0.2) is 4.98 Å². The predicted molar refractivity (Wildman–Crippen MR) is 51.5 cm³/mol. The molecule has 0 aromatic carbocycles. The molecule has 0 saturated carbocycles. The fourth-order valence-corrected chi connectivity index (χ4v) is 1.26. The molecule has 0 N–H and O–H groups in total. The number of nitrogens with zero attached hydrogens (tertiary/aromatic N) is 3. The van der Waals surface area contributed by atoms with Gasteiger partial charge in [0, 0.05) is 25.4 Å². The molecule has 0 aliphatic rings. The average Bonchev–Trinajstić information content (AvgIpc) is 2.59. The SMILES string of the molecule is CC(=O)CCCCn1ccnc1C#N. The lowest BCUT2D eigenvalue weighted by Crippen LogP contribution is -2.00. The molecule has 1 aromatic rings. The summed E-state index contributed by atoms with van der Waals surface area (Å²) in [5.74, 6) is 0.656. The van der Waals surface area contributed by atoms with E-state index in [4.69, 9.17) is 5.26 Å². The van der Waals surface area contributed by atoms with Crippen LogP contribution >= 0.6 is 0 Å². The average molecular weight is 191 g/mol. The lowest BCUT2D eigenvalue weighted by Gasteiger charge is -2.01. The smallest absolute Gasteiger partial charge is 0.212 e. The molecule has 4 heteroatoms. The van der Waals surface area contributed by atoms with Crippen LogP contribution in [0.5, 0.6) is 0 Å². The van der Waals surface area contributed by atoms with Crippen LogP contribution in [0.1, 0.15) is 32.0 Å². The molecule has 0 fully saturated rings. The molecule has 0 aliphatic carbocycles. The Morgan fingerprint density at radius 2 is 2.43 bits per heavy atom. The van der Waals surface area contributed by atoms with Crippen LogP contribution in [0.3, 0.4) is 0 Å². The van der Waals surface area contributed by atoms with Gasteiger partial charge in [-0.15, -0.1) is 0 Å². The minimum Gasteiger partial charge on any atom is -0.323 e. The van der Waals surface area contributed by atoms with E-state index in [0.717, 1.165) is 19.4 Å². The maximum absolute atomic E-state index is 10.7. The van der Waals surface area contributed by atoms with Gasteiger partial charge in [-0.2, -0.15) is 5.26 Å². The minimum absolute atomic E-state index is 0.219. The maximum atomic E-state index is 10.7. The number of aryl methyl sites for hydroxylation is 1. The van der Waals surface area contributed by atoms with Crippen molar-refractivity contribution in [1.29, 1.82) is 5.26 Å². The van der Waals surface area contributed by atoms with Crippen LogP contribution in [0.15, 0.2) is 12.4 Å². The van der Waals surface area contributed by atoms with Crippen molar-refractivity contribution in [2.24, 2.45) is 0 Å². The zero-order valence-corrected chi connectivity index (χ0v) is 8.23. The maximum Gasteiger partial charge on any atom is 0.212 e. The second-order valence-electron chi connectivity index (χ2n) is 3.22. The highest BCUT2D eigenvalue weighted by atomic mass is 16.1. The van der Waals surface area contributed by atoms with Gasteiger partial charge in [0.1, 0.15) is 11.9 Å². The number of aromatic nitrogens is 2. The molecule has 0 unspecified atom stereocenters. The molecule has 0 radical (unpaired) electrons. The van der Waals surface area contributed by atoms with E-state index in [1.54, 1.807) is 23.9 Å². The van der Waals surface area contributed by atoms with Crippen molar-refractivity contribution in [3.8, 4) is 6.07 Å². The second-order valence-corrected chi connectivity index (χ2v) is 3.22. The highest BCUT2D eigenvalue weighted by Crippen LogP contribution is 2.02. The molecular weight excluding hydrogens is 178 g/mol. The number of hydrogen-bond donors (Lipinski definition) is 0. The molecule has 0 saturated heterocycles. The topological polar surface area (TPSA) is 58.7 Å². The molecule has 4 nitrogen and oxygen atoms in total. The van der Waals surface area contributed by atoms with Crippen molar-refractivity contribution in [1.82, 2.24) is 9.55 Å². The van der Waals surface area contributed by atoms with Crippen LogP contribution in [0.4, 0.5) is 0 Å². The Labute approximate surface area is 83.2 Å². The molecule has 1 heterocycles. The third kappa shape index (κ3) is 3.02. The fourth-order valence-electron chi connectivity index (χ4n) is 1.26. The molecule has 14 heavy (non-hydrogen) atoms. The summed E-state index contributed by atoms with van der Waals surface area (Å²) >= 11 is 0. The van der Waals surface area contributed by atoms with Crippen LogP contribution in [-0.4, -0.2) is 15.3 Å². The van der Waals surface area contributed by atoms with E-state index in [-0.39, 0.29) is 5.78 Å². The first-order valence-electron chi connectivity index (χ1n) is 4.64. The fraction of sp³-hybridized carbons (Fsp3) is 0.500. The van der Waals surface area contributed by atoms with Gasteiger partial charge in [-0.3, -0.25) is 0 Å². The van der Waals surface area contributed by atoms with Crippen LogP contribution in [0, 0.1) is 11.3 Å². The highest BCUT2D eigenvalue weighted by Gasteiger charge is 2.00. The number of Topliss-reactive ketones (excluding diaryl/α,β-unsaturated/α-hetero) is 1. The Morgan fingerprint density at radius 1 is 1.64 bits per heavy atom. The summed E-state index contributed by atoms with van der Waals surface area (Å²) in [6.07, 6.45) is 5.80. The number of hydrogen-bond acceptors (Lipinski definition) is 3. The number of nitriles is 1. The standard InChI is InChI=1S/C10H13N3O/c1-9(14)4-2-3-6-13-7-5-12-10(13)8-11/h5,7H,2-4,6H2,1H3. The number of imidazole rings is 1. The number of carbonyl (C=O) groups excluding carboxylic acids is 1. The van der Waals surface area contributed by atoms with E-state index in [9.17, 15) is 4.79 Å². The number of unbranched alkanes of at least 4 members (excludes halogenated alkanes) is 1. The van der Waals surface area contributed by atoms with E-state index in [1.807, 2.05) is 6.07 Å². The molecule has 0 atom stereocenters. The molecular formula is C10H13N3O. The van der Waals surface area contributed by atoms with Crippen LogP contribution < -0.4 is 0 Å². The predicted octanol–water partition coefficient (Wildman–Crippen LogP) is 1.51. The van der Waals surface area contributed by atoms with Gasteiger partial charge in [0.25, 0.3) is 0 Å². The highest BCUT2D eigenvalue weighted by molar-refractivity contribution is 5.75. The monoisotopic (exact) mass is 191 g/mol. The lowest BCUT2D eigenvalue weighted by molar-refractivity contribution is -0.117. The summed E-state index contributed by atoms with van der Waals surface area (Å²) in [5.41, 5.74) is 0. The van der Waals surface area contributed by atoms with E-state index in [2.05, 4.69) is 4.98 Å². The molecule has 0 bridgehead atoms. The number of ketones is 1. The Bertz CT molecular complexity index is 348. The second kappa shape index (κ2) is 5.18. The lowest BCUT2D eigenvalue weighted by atomic mass is 10.2. The summed E-state index contributed by atoms with van der Waals surface area (Å²) in [6, 6.07) is 2.01. The number of carbonyl (C=O) groups is 1. The largest absolute Gasteiger partial charge is 0.323 e. The summed E-state index contributed by atoms with van der Waals surface area (Å²) in [4.78, 5) is 14.5. The van der Waals surface area contributed by atoms with Gasteiger partial charge >= 0.3 is 0 Å². The van der Waals surface area contributed by atoms with Gasteiger partial charge in [0.05, 0.1) is 0 Å². The van der Waals surface area contributed by atoms with Crippen molar-refractivity contribution < 1.29 is 4.79 Å². The van der Waals surface area contributed by atoms with E-state index < -0.39 is 0 Å². The third-order valence-corrected chi connectivity index (χ3v) is 1.99. The van der Waals surface area contributed by atoms with Gasteiger partial charge < -0.3 is 9.36 Å².